The molecule has 1 atom stereocenters. The van der Waals surface area contributed by atoms with Crippen LogP contribution in [0.25, 0.3) is 11.1 Å². The lowest BCUT2D eigenvalue weighted by Crippen LogP contribution is -2.26. The molecule has 0 bridgehead atoms. The van der Waals surface area contributed by atoms with E-state index in [4.69, 9.17) is 14.2 Å². The van der Waals surface area contributed by atoms with Crippen molar-refractivity contribution in [2.24, 2.45) is 0 Å². The third-order valence-corrected chi connectivity index (χ3v) is 7.10. The Morgan fingerprint density at radius 2 is 1.80 bits per heavy atom. The molecule has 0 fully saturated rings. The van der Waals surface area contributed by atoms with E-state index < -0.39 is 0 Å². The number of benzene rings is 1. The zero-order valence-corrected chi connectivity index (χ0v) is 20.5. The van der Waals surface area contributed by atoms with E-state index in [0.29, 0.717) is 35.0 Å². The first kappa shape index (κ1) is 22.7. The van der Waals surface area contributed by atoms with Crippen LogP contribution in [0.4, 0.5) is 0 Å². The average Bonchev–Trinajstić information content (AvgIpc) is 2.96. The van der Waals surface area contributed by atoms with Crippen LogP contribution in [0.5, 0.6) is 17.2 Å². The highest BCUT2D eigenvalue weighted by atomic mass is 127. The number of hydrogen-bond donors (Lipinski definition) is 1. The number of thioether (sulfide) groups is 1. The van der Waals surface area contributed by atoms with Crippen LogP contribution in [-0.2, 0) is 11.2 Å². The maximum atomic E-state index is 12.8. The topological polar surface area (TPSA) is 73.9 Å². The summed E-state index contributed by atoms with van der Waals surface area (Å²) in [5, 5.41) is 3.02. The van der Waals surface area contributed by atoms with Crippen molar-refractivity contribution in [1.29, 1.82) is 0 Å². The second kappa shape index (κ2) is 9.47. The number of methoxy groups -OCH3 is 3. The maximum Gasteiger partial charge on any atom is 0.217 e. The summed E-state index contributed by atoms with van der Waals surface area (Å²) < 4.78 is 18.0. The molecule has 2 aromatic rings. The van der Waals surface area contributed by atoms with E-state index in [9.17, 15) is 9.59 Å². The molecule has 160 valence electrons. The van der Waals surface area contributed by atoms with Gasteiger partial charge in [-0.05, 0) is 70.5 Å². The molecule has 0 unspecified atom stereocenters. The van der Waals surface area contributed by atoms with Gasteiger partial charge in [-0.25, -0.2) is 0 Å². The van der Waals surface area contributed by atoms with Gasteiger partial charge in [0.15, 0.2) is 16.9 Å². The minimum atomic E-state index is -0.294. The number of carbonyl (C=O) groups is 1. The molecular weight excluding hydrogens is 517 g/mol. The van der Waals surface area contributed by atoms with Crippen molar-refractivity contribution in [3.05, 3.63) is 43.1 Å². The van der Waals surface area contributed by atoms with Crippen LogP contribution in [0, 0.1) is 3.57 Å². The fourth-order valence-corrected chi connectivity index (χ4v) is 5.40. The van der Waals surface area contributed by atoms with Gasteiger partial charge in [0.1, 0.15) is 0 Å². The van der Waals surface area contributed by atoms with E-state index >= 15 is 0 Å². The van der Waals surface area contributed by atoms with Gasteiger partial charge in [-0.1, -0.05) is 6.07 Å². The Kier molecular flexibility index (Phi) is 7.18. The van der Waals surface area contributed by atoms with Crippen molar-refractivity contribution in [3.8, 4) is 28.4 Å². The summed E-state index contributed by atoms with van der Waals surface area (Å²) >= 11 is 3.66. The van der Waals surface area contributed by atoms with Crippen LogP contribution < -0.4 is 25.0 Å². The summed E-state index contributed by atoms with van der Waals surface area (Å²) in [5.74, 6) is 1.53. The van der Waals surface area contributed by atoms with Crippen molar-refractivity contribution in [1.82, 2.24) is 5.32 Å². The highest BCUT2D eigenvalue weighted by molar-refractivity contribution is 14.1. The summed E-state index contributed by atoms with van der Waals surface area (Å²) in [6, 6.07) is 5.11. The molecule has 0 radical (unpaired) electrons. The van der Waals surface area contributed by atoms with E-state index in [2.05, 4.69) is 27.9 Å². The molecule has 0 aromatic heterocycles. The van der Waals surface area contributed by atoms with Crippen LogP contribution >= 0.6 is 34.4 Å². The number of nitrogens with one attached hydrogen (secondary N) is 1. The van der Waals surface area contributed by atoms with E-state index in [1.54, 1.807) is 27.4 Å². The molecule has 1 amide bonds. The molecular formula is C22H24INO5S. The predicted molar refractivity (Wildman–Crippen MR) is 127 cm³/mol. The van der Waals surface area contributed by atoms with Crippen LogP contribution in [0.15, 0.2) is 27.9 Å². The van der Waals surface area contributed by atoms with Crippen molar-refractivity contribution in [2.45, 2.75) is 30.7 Å². The maximum absolute atomic E-state index is 12.8. The van der Waals surface area contributed by atoms with Crippen LogP contribution in [-0.4, -0.2) is 33.5 Å². The zero-order chi connectivity index (χ0) is 22.0. The third kappa shape index (κ3) is 3.99. The molecule has 0 spiro atoms. The highest BCUT2D eigenvalue weighted by Crippen LogP contribution is 2.52. The van der Waals surface area contributed by atoms with E-state index in [0.717, 1.165) is 25.8 Å². The minimum absolute atomic E-state index is 0.0725. The molecule has 3 rings (SSSR count). The Morgan fingerprint density at radius 3 is 2.37 bits per heavy atom. The number of hydrogen-bond acceptors (Lipinski definition) is 6. The van der Waals surface area contributed by atoms with E-state index in [1.165, 1.54) is 18.7 Å². The highest BCUT2D eigenvalue weighted by Gasteiger charge is 2.31. The van der Waals surface area contributed by atoms with Crippen molar-refractivity contribution in [3.63, 3.8) is 0 Å². The lowest BCUT2D eigenvalue weighted by molar-refractivity contribution is -0.119. The fourth-order valence-electron chi connectivity index (χ4n) is 3.93. The van der Waals surface area contributed by atoms with Crippen LogP contribution in [0.1, 0.15) is 30.5 Å². The van der Waals surface area contributed by atoms with Crippen LogP contribution in [0.3, 0.4) is 0 Å². The Hall–Kier alpha value is -1.94. The van der Waals surface area contributed by atoms with E-state index in [-0.39, 0.29) is 17.4 Å². The number of carbonyl (C=O) groups excluding carboxylic acids is 1. The number of rotatable bonds is 5. The number of fused-ring (bicyclic) bond motifs is 3. The van der Waals surface area contributed by atoms with Gasteiger partial charge in [-0.15, -0.1) is 11.8 Å². The molecule has 0 heterocycles. The first-order chi connectivity index (χ1) is 14.4. The van der Waals surface area contributed by atoms with Gasteiger partial charge in [0.05, 0.1) is 35.8 Å². The fraction of sp³-hybridized carbons (Fsp3) is 0.364. The molecule has 2 aromatic carbocycles. The normalized spacial score (nSPS) is 14.8. The van der Waals surface area contributed by atoms with Crippen molar-refractivity contribution < 1.29 is 19.0 Å². The Balaban J connectivity index is 2.47. The largest absolute Gasteiger partial charge is 0.492 e. The molecule has 6 nitrogen and oxygen atoms in total. The molecule has 8 heteroatoms. The number of ether oxygens (including phenoxy) is 3. The zero-order valence-electron chi connectivity index (χ0n) is 17.6. The van der Waals surface area contributed by atoms with Crippen molar-refractivity contribution in [2.75, 3.05) is 27.6 Å². The van der Waals surface area contributed by atoms with E-state index in [1.807, 2.05) is 18.4 Å². The van der Waals surface area contributed by atoms with Crippen molar-refractivity contribution >= 4 is 40.3 Å². The second-order valence-electron chi connectivity index (χ2n) is 6.84. The SMILES string of the molecule is COc1c(I)c2c(c(OC)c1OC)-c1ccc(SC)c(=O)cc1[C@@H](NC(C)=O)CC2. The molecule has 0 aliphatic heterocycles. The average molecular weight is 541 g/mol. The molecule has 0 saturated carbocycles. The third-order valence-electron chi connectivity index (χ3n) is 5.18. The van der Waals surface area contributed by atoms with Gasteiger partial charge in [0.25, 0.3) is 0 Å². The second-order valence-corrected chi connectivity index (χ2v) is 8.77. The first-order valence-electron chi connectivity index (χ1n) is 9.37. The van der Waals surface area contributed by atoms with Gasteiger partial charge < -0.3 is 19.5 Å². The predicted octanol–water partition coefficient (Wildman–Crippen LogP) is 4.19. The Labute approximate surface area is 193 Å². The summed E-state index contributed by atoms with van der Waals surface area (Å²) in [6.07, 6.45) is 3.20. The lowest BCUT2D eigenvalue weighted by Gasteiger charge is -2.21. The first-order valence-corrected chi connectivity index (χ1v) is 11.7. The summed E-state index contributed by atoms with van der Waals surface area (Å²) in [4.78, 5) is 25.4. The number of amides is 1. The molecule has 1 N–H and O–H groups in total. The van der Waals surface area contributed by atoms with Crippen LogP contribution in [0.2, 0.25) is 0 Å². The standard InChI is InChI=1S/C22H24INO5S/c1-11(25)24-15-8-6-13-18(12-7-9-17(30-5)16(26)10-14(12)15)20(27-2)22(29-4)21(28-3)19(13)23/h7,9-10,15H,6,8H2,1-5H3,(H,24,25)/t15-/m0/s1. The minimum Gasteiger partial charge on any atom is -0.492 e. The van der Waals surface area contributed by atoms with Gasteiger partial charge in [-0.2, -0.15) is 0 Å². The Morgan fingerprint density at radius 1 is 1.13 bits per heavy atom. The smallest absolute Gasteiger partial charge is 0.217 e. The monoisotopic (exact) mass is 541 g/mol. The lowest BCUT2D eigenvalue weighted by atomic mass is 9.95. The van der Waals surface area contributed by atoms with Gasteiger partial charge in [-0.3, -0.25) is 9.59 Å². The Bertz CT molecular complexity index is 1060. The van der Waals surface area contributed by atoms with Gasteiger partial charge in [0.2, 0.25) is 11.7 Å². The molecule has 1 aliphatic carbocycles. The molecule has 1 aliphatic rings. The summed E-state index contributed by atoms with van der Waals surface area (Å²) in [7, 11) is 4.77. The molecule has 30 heavy (non-hydrogen) atoms. The quantitative estimate of drug-likeness (QED) is 0.452. The summed E-state index contributed by atoms with van der Waals surface area (Å²) in [6.45, 7) is 1.49. The number of halogens is 1. The molecule has 0 saturated heterocycles. The van der Waals surface area contributed by atoms with Gasteiger partial charge >= 0.3 is 0 Å². The summed E-state index contributed by atoms with van der Waals surface area (Å²) in [5.41, 5.74) is 3.45. The van der Waals surface area contributed by atoms with Gasteiger partial charge in [0, 0.05) is 12.5 Å².